The quantitative estimate of drug-likeness (QED) is 0.565. The molecule has 0 saturated carbocycles. The summed E-state index contributed by atoms with van der Waals surface area (Å²) in [6.45, 7) is 4.45. The number of benzene rings is 1. The normalized spacial score (nSPS) is 16.6. The predicted molar refractivity (Wildman–Crippen MR) is 120 cm³/mol. The molecule has 4 rings (SSSR count). The summed E-state index contributed by atoms with van der Waals surface area (Å²) in [6.07, 6.45) is 4.40. The number of carbonyl (C=O) groups excluding carboxylic acids is 1. The number of carbonyl (C=O) groups is 1. The summed E-state index contributed by atoms with van der Waals surface area (Å²) >= 11 is 0. The monoisotopic (exact) mass is 477 g/mol. The molecular formula is C22H25F2N5O3S. The van der Waals surface area contributed by atoms with Gasteiger partial charge in [-0.1, -0.05) is 13.8 Å². The zero-order valence-electron chi connectivity index (χ0n) is 18.3. The van der Waals surface area contributed by atoms with E-state index in [1.54, 1.807) is 32.2 Å². The molecule has 1 fully saturated rings. The number of halogens is 2. The number of hydrogen-bond acceptors (Lipinski definition) is 5. The highest BCUT2D eigenvalue weighted by molar-refractivity contribution is 7.87. The van der Waals surface area contributed by atoms with Crippen LogP contribution >= 0.6 is 0 Å². The van der Waals surface area contributed by atoms with Crippen molar-refractivity contribution in [2.45, 2.75) is 32.7 Å². The van der Waals surface area contributed by atoms with Gasteiger partial charge in [0, 0.05) is 37.1 Å². The van der Waals surface area contributed by atoms with Crippen LogP contribution in [0.3, 0.4) is 0 Å². The van der Waals surface area contributed by atoms with Crippen LogP contribution in [-0.4, -0.2) is 47.9 Å². The van der Waals surface area contributed by atoms with E-state index in [1.165, 1.54) is 16.8 Å². The number of anilines is 1. The molecule has 1 aliphatic heterocycles. The second kappa shape index (κ2) is 9.06. The van der Waals surface area contributed by atoms with E-state index in [1.807, 2.05) is 4.90 Å². The number of amides is 1. The lowest BCUT2D eigenvalue weighted by Crippen LogP contribution is -2.43. The van der Waals surface area contributed by atoms with Gasteiger partial charge in [-0.15, -0.1) is 0 Å². The topological polar surface area (TPSA) is 87.0 Å². The van der Waals surface area contributed by atoms with Crippen LogP contribution in [0.15, 0.2) is 42.7 Å². The Morgan fingerprint density at radius 3 is 2.70 bits per heavy atom. The van der Waals surface area contributed by atoms with Crippen molar-refractivity contribution in [3.8, 4) is 0 Å². The lowest BCUT2D eigenvalue weighted by molar-refractivity contribution is 0.0981. The third-order valence-corrected chi connectivity index (χ3v) is 7.56. The molecule has 1 unspecified atom stereocenters. The van der Waals surface area contributed by atoms with Crippen LogP contribution in [0.4, 0.5) is 14.5 Å². The van der Waals surface area contributed by atoms with Crippen LogP contribution in [-0.2, 0) is 10.2 Å². The minimum Gasteiger partial charge on any atom is -0.364 e. The predicted octanol–water partition coefficient (Wildman–Crippen LogP) is 3.27. The summed E-state index contributed by atoms with van der Waals surface area (Å²) < 4.78 is 57.9. The van der Waals surface area contributed by atoms with Crippen molar-refractivity contribution >= 4 is 27.3 Å². The van der Waals surface area contributed by atoms with Gasteiger partial charge in [-0.2, -0.15) is 17.8 Å². The molecule has 8 nitrogen and oxygen atoms in total. The Labute approximate surface area is 191 Å². The van der Waals surface area contributed by atoms with Gasteiger partial charge in [-0.3, -0.25) is 4.79 Å². The molecular weight excluding hydrogens is 452 g/mol. The highest BCUT2D eigenvalue weighted by atomic mass is 32.2. The van der Waals surface area contributed by atoms with E-state index in [0.717, 1.165) is 22.9 Å². The van der Waals surface area contributed by atoms with Crippen molar-refractivity contribution in [2.75, 3.05) is 24.5 Å². The van der Waals surface area contributed by atoms with Gasteiger partial charge in [0.1, 0.15) is 11.6 Å². The number of nitrogens with zero attached hydrogens (tertiary/aromatic N) is 4. The van der Waals surface area contributed by atoms with Crippen LogP contribution in [0.25, 0.3) is 5.52 Å². The van der Waals surface area contributed by atoms with Crippen molar-refractivity contribution in [1.29, 1.82) is 0 Å². The number of hydrogen-bond donors (Lipinski definition) is 1. The van der Waals surface area contributed by atoms with Gasteiger partial charge in [0.2, 0.25) is 0 Å². The van der Waals surface area contributed by atoms with Gasteiger partial charge in [0.25, 0.3) is 5.91 Å². The molecule has 1 aromatic carbocycles. The number of pyridine rings is 1. The molecule has 0 radical (unpaired) electrons. The third-order valence-electron chi connectivity index (χ3n) is 5.92. The van der Waals surface area contributed by atoms with Gasteiger partial charge in [0.05, 0.1) is 23.3 Å². The molecule has 0 bridgehead atoms. The molecule has 1 N–H and O–H groups in total. The Balaban J connectivity index is 1.67. The van der Waals surface area contributed by atoms with Crippen LogP contribution in [0.2, 0.25) is 0 Å². The zero-order valence-corrected chi connectivity index (χ0v) is 19.1. The van der Waals surface area contributed by atoms with Crippen molar-refractivity contribution in [1.82, 2.24) is 18.6 Å². The highest BCUT2D eigenvalue weighted by Crippen LogP contribution is 2.38. The van der Waals surface area contributed by atoms with Crippen LogP contribution in [0.5, 0.6) is 0 Å². The number of nitrogens with one attached hydrogen (secondary N) is 1. The largest absolute Gasteiger partial charge is 0.364 e. The average molecular weight is 478 g/mol. The van der Waals surface area contributed by atoms with Gasteiger partial charge in [0.15, 0.2) is 0 Å². The van der Waals surface area contributed by atoms with Gasteiger partial charge in [-0.25, -0.2) is 18.0 Å². The molecule has 176 valence electrons. The van der Waals surface area contributed by atoms with E-state index < -0.39 is 27.8 Å². The molecule has 0 aliphatic carbocycles. The first-order chi connectivity index (χ1) is 15.7. The van der Waals surface area contributed by atoms with Crippen molar-refractivity contribution in [2.24, 2.45) is 0 Å². The number of fused-ring (bicyclic) bond motifs is 1. The average Bonchev–Trinajstić information content (AvgIpc) is 3.42. The molecule has 1 atom stereocenters. The second-order valence-corrected chi connectivity index (χ2v) is 9.48. The van der Waals surface area contributed by atoms with Gasteiger partial charge in [-0.05, 0) is 43.2 Å². The number of aromatic nitrogens is 2. The van der Waals surface area contributed by atoms with Crippen LogP contribution in [0, 0.1) is 11.6 Å². The fourth-order valence-electron chi connectivity index (χ4n) is 4.29. The second-order valence-electron chi connectivity index (χ2n) is 7.81. The Hall–Kier alpha value is -3.05. The lowest BCUT2D eigenvalue weighted by Gasteiger charge is -2.27. The van der Waals surface area contributed by atoms with E-state index >= 15 is 0 Å². The maximum absolute atomic E-state index is 14.4. The maximum Gasteiger partial charge on any atom is 0.304 e. The molecule has 1 amide bonds. The first-order valence-corrected chi connectivity index (χ1v) is 12.2. The van der Waals surface area contributed by atoms with Crippen molar-refractivity contribution in [3.05, 3.63) is 65.5 Å². The summed E-state index contributed by atoms with van der Waals surface area (Å²) in [6, 6.07) is 6.57. The standard InChI is InChI=1S/C22H25F2N5O3S/c1-3-27(4-2)33(31,32)26-22(30)18-14-25-29-11-9-16(13-21(18)29)28-10-5-6-20(28)17-12-15(23)7-8-19(17)24/h7-9,11-14,20H,3-6,10H2,1-2H3,(H,26,30). The summed E-state index contributed by atoms with van der Waals surface area (Å²) in [5.74, 6) is -1.76. The SMILES string of the molecule is CCN(CC)S(=O)(=O)NC(=O)c1cnn2ccc(N3CCCC3c3cc(F)ccc3F)cc12. The minimum atomic E-state index is -3.99. The van der Waals surface area contributed by atoms with Crippen molar-refractivity contribution in [3.63, 3.8) is 0 Å². The van der Waals surface area contributed by atoms with Gasteiger partial charge >= 0.3 is 10.2 Å². The third kappa shape index (κ3) is 4.42. The van der Waals surface area contributed by atoms with Gasteiger partial charge < -0.3 is 4.90 Å². The maximum atomic E-state index is 14.4. The molecule has 33 heavy (non-hydrogen) atoms. The van der Waals surface area contributed by atoms with E-state index in [2.05, 4.69) is 9.82 Å². The molecule has 0 spiro atoms. The van der Waals surface area contributed by atoms with E-state index in [9.17, 15) is 22.0 Å². The fourth-order valence-corrected chi connectivity index (χ4v) is 5.45. The molecule has 3 heterocycles. The Morgan fingerprint density at radius 1 is 1.21 bits per heavy atom. The summed E-state index contributed by atoms with van der Waals surface area (Å²) in [5.41, 5.74) is 1.49. The summed E-state index contributed by atoms with van der Waals surface area (Å²) in [5, 5.41) is 4.14. The first-order valence-electron chi connectivity index (χ1n) is 10.8. The summed E-state index contributed by atoms with van der Waals surface area (Å²) in [4.78, 5) is 14.8. The molecule has 1 saturated heterocycles. The molecule has 1 aliphatic rings. The van der Waals surface area contributed by atoms with E-state index in [-0.39, 0.29) is 30.3 Å². The smallest absolute Gasteiger partial charge is 0.304 e. The fraction of sp³-hybridized carbons (Fsp3) is 0.364. The van der Waals surface area contributed by atoms with Crippen LogP contribution < -0.4 is 9.62 Å². The Morgan fingerprint density at radius 2 is 1.97 bits per heavy atom. The molecule has 11 heteroatoms. The minimum absolute atomic E-state index is 0.0975. The number of rotatable bonds is 7. The Kier molecular flexibility index (Phi) is 6.35. The summed E-state index contributed by atoms with van der Waals surface area (Å²) in [7, 11) is -3.99. The van der Waals surface area contributed by atoms with E-state index in [4.69, 9.17) is 0 Å². The van der Waals surface area contributed by atoms with Crippen molar-refractivity contribution < 1.29 is 22.0 Å². The Bertz CT molecular complexity index is 1290. The van der Waals surface area contributed by atoms with E-state index in [0.29, 0.717) is 24.2 Å². The molecule has 2 aromatic heterocycles. The van der Waals surface area contributed by atoms with Crippen LogP contribution in [0.1, 0.15) is 48.7 Å². The lowest BCUT2D eigenvalue weighted by atomic mass is 10.0. The highest BCUT2D eigenvalue weighted by Gasteiger charge is 2.30. The zero-order chi connectivity index (χ0) is 23.8. The molecule has 3 aromatic rings. The first kappa shape index (κ1) is 23.1.